The molecule has 1 aliphatic rings. The second-order valence-electron chi connectivity index (χ2n) is 7.31. The van der Waals surface area contributed by atoms with E-state index in [-0.39, 0.29) is 11.9 Å². The van der Waals surface area contributed by atoms with Crippen molar-refractivity contribution < 1.29 is 18.3 Å². The van der Waals surface area contributed by atoms with Gasteiger partial charge in [-0.2, -0.15) is 18.3 Å². The fourth-order valence-electron chi connectivity index (χ4n) is 4.08. The molecule has 0 atom stereocenters. The van der Waals surface area contributed by atoms with Gasteiger partial charge in [-0.05, 0) is 36.1 Å². The molecule has 9 heteroatoms. The van der Waals surface area contributed by atoms with Gasteiger partial charge in [-0.3, -0.25) is 0 Å². The van der Waals surface area contributed by atoms with Crippen LogP contribution in [0.25, 0.3) is 22.3 Å². The summed E-state index contributed by atoms with van der Waals surface area (Å²) in [6, 6.07) is 11.3. The van der Waals surface area contributed by atoms with E-state index in [4.69, 9.17) is 5.73 Å². The minimum Gasteiger partial charge on any atom is -0.507 e. The van der Waals surface area contributed by atoms with Crippen LogP contribution in [-0.2, 0) is 19.0 Å². The second kappa shape index (κ2) is 6.45. The smallest absolute Gasteiger partial charge is 0.419 e. The van der Waals surface area contributed by atoms with E-state index in [1.165, 1.54) is 23.5 Å². The van der Waals surface area contributed by atoms with Crippen molar-refractivity contribution in [2.45, 2.75) is 25.1 Å². The van der Waals surface area contributed by atoms with E-state index in [2.05, 4.69) is 27.2 Å². The van der Waals surface area contributed by atoms with Gasteiger partial charge in [0.15, 0.2) is 5.65 Å². The standard InChI is InChI=1S/C21H16F3N5O/c22-21(23,24)15-6-5-13(9-16(15)30)18-17-19(25)26-10-27-20(17)29(28-18)14-7-11-3-1-2-4-12(11)8-14/h1-6,9-10,14,30H,7-8H2,(H2,25,26,27). The van der Waals surface area contributed by atoms with Gasteiger partial charge in [0, 0.05) is 5.56 Å². The zero-order valence-corrected chi connectivity index (χ0v) is 15.6. The highest BCUT2D eigenvalue weighted by atomic mass is 19.4. The highest BCUT2D eigenvalue weighted by molar-refractivity contribution is 5.98. The monoisotopic (exact) mass is 411 g/mol. The van der Waals surface area contributed by atoms with Crippen LogP contribution in [0, 0.1) is 0 Å². The molecular formula is C21H16F3N5O. The zero-order chi connectivity index (χ0) is 21.0. The molecule has 2 aromatic carbocycles. The Balaban J connectivity index is 1.65. The number of halogens is 3. The topological polar surface area (TPSA) is 89.8 Å². The minimum absolute atomic E-state index is 0.00371. The molecule has 0 amide bonds. The third-order valence-electron chi connectivity index (χ3n) is 5.47. The third-order valence-corrected chi connectivity index (χ3v) is 5.47. The van der Waals surface area contributed by atoms with Gasteiger partial charge in [0.05, 0.1) is 17.0 Å². The maximum absolute atomic E-state index is 13.0. The quantitative estimate of drug-likeness (QED) is 0.518. The van der Waals surface area contributed by atoms with Gasteiger partial charge in [-0.15, -0.1) is 0 Å². The molecule has 0 saturated heterocycles. The van der Waals surface area contributed by atoms with Crippen LogP contribution < -0.4 is 5.73 Å². The van der Waals surface area contributed by atoms with Crippen LogP contribution in [0.2, 0.25) is 0 Å². The molecule has 3 N–H and O–H groups in total. The fraction of sp³-hybridized carbons (Fsp3) is 0.190. The van der Waals surface area contributed by atoms with Crippen molar-refractivity contribution in [1.82, 2.24) is 19.7 Å². The number of anilines is 1. The van der Waals surface area contributed by atoms with Crippen LogP contribution in [0.5, 0.6) is 5.75 Å². The Labute approximate surface area is 168 Å². The number of fused-ring (bicyclic) bond motifs is 2. The number of nitrogens with two attached hydrogens (primary N) is 1. The van der Waals surface area contributed by atoms with Gasteiger partial charge in [0.2, 0.25) is 0 Å². The van der Waals surface area contributed by atoms with Crippen molar-refractivity contribution in [1.29, 1.82) is 0 Å². The van der Waals surface area contributed by atoms with E-state index in [1.807, 2.05) is 12.1 Å². The number of aromatic hydroxyl groups is 1. The van der Waals surface area contributed by atoms with E-state index in [9.17, 15) is 18.3 Å². The molecule has 5 rings (SSSR count). The first-order chi connectivity index (χ1) is 14.3. The number of hydrogen-bond donors (Lipinski definition) is 2. The molecule has 4 aromatic rings. The molecule has 30 heavy (non-hydrogen) atoms. The van der Waals surface area contributed by atoms with Crippen molar-refractivity contribution in [2.75, 3.05) is 5.73 Å². The maximum atomic E-state index is 13.0. The van der Waals surface area contributed by atoms with Crippen molar-refractivity contribution >= 4 is 16.9 Å². The van der Waals surface area contributed by atoms with Gasteiger partial charge < -0.3 is 10.8 Å². The van der Waals surface area contributed by atoms with Crippen LogP contribution in [-0.4, -0.2) is 24.9 Å². The normalized spacial score (nSPS) is 14.4. The number of rotatable bonds is 2. The number of benzene rings is 2. The Morgan fingerprint density at radius 2 is 1.73 bits per heavy atom. The van der Waals surface area contributed by atoms with Crippen LogP contribution in [0.15, 0.2) is 48.8 Å². The average molecular weight is 411 g/mol. The van der Waals surface area contributed by atoms with Crippen molar-refractivity contribution in [3.8, 4) is 17.0 Å². The fourth-order valence-corrected chi connectivity index (χ4v) is 4.08. The van der Waals surface area contributed by atoms with E-state index in [0.717, 1.165) is 25.0 Å². The zero-order valence-electron chi connectivity index (χ0n) is 15.6. The molecular weight excluding hydrogens is 395 g/mol. The summed E-state index contributed by atoms with van der Waals surface area (Å²) in [6.45, 7) is 0. The van der Waals surface area contributed by atoms with Gasteiger partial charge in [0.1, 0.15) is 23.6 Å². The largest absolute Gasteiger partial charge is 0.507 e. The summed E-state index contributed by atoms with van der Waals surface area (Å²) in [6.07, 6.45) is -1.79. The summed E-state index contributed by atoms with van der Waals surface area (Å²) in [5, 5.41) is 15.1. The summed E-state index contributed by atoms with van der Waals surface area (Å²) >= 11 is 0. The average Bonchev–Trinajstić information content (AvgIpc) is 3.29. The second-order valence-corrected chi connectivity index (χ2v) is 7.31. The molecule has 2 heterocycles. The molecule has 1 aliphatic carbocycles. The lowest BCUT2D eigenvalue weighted by molar-refractivity contribution is -0.138. The molecule has 6 nitrogen and oxygen atoms in total. The highest BCUT2D eigenvalue weighted by Crippen LogP contribution is 2.40. The summed E-state index contributed by atoms with van der Waals surface area (Å²) in [4.78, 5) is 8.36. The van der Waals surface area contributed by atoms with E-state index < -0.39 is 17.5 Å². The molecule has 0 unspecified atom stereocenters. The number of nitrogens with zero attached hydrogens (tertiary/aromatic N) is 4. The Hall–Kier alpha value is -3.62. The molecule has 0 radical (unpaired) electrons. The van der Waals surface area contributed by atoms with Crippen molar-refractivity contribution in [3.05, 3.63) is 65.5 Å². The lowest BCUT2D eigenvalue weighted by Crippen LogP contribution is -2.11. The summed E-state index contributed by atoms with van der Waals surface area (Å²) in [7, 11) is 0. The van der Waals surface area contributed by atoms with Gasteiger partial charge in [0.25, 0.3) is 0 Å². The third kappa shape index (κ3) is 2.85. The van der Waals surface area contributed by atoms with Crippen molar-refractivity contribution in [3.63, 3.8) is 0 Å². The number of alkyl halides is 3. The predicted molar refractivity (Wildman–Crippen MR) is 105 cm³/mol. The number of hydrogen-bond acceptors (Lipinski definition) is 5. The summed E-state index contributed by atoms with van der Waals surface area (Å²) < 4.78 is 40.8. The van der Waals surface area contributed by atoms with Crippen LogP contribution in [0.3, 0.4) is 0 Å². The van der Waals surface area contributed by atoms with Crippen LogP contribution in [0.4, 0.5) is 19.0 Å². The molecule has 0 fully saturated rings. The van der Waals surface area contributed by atoms with Crippen molar-refractivity contribution in [2.24, 2.45) is 0 Å². The molecule has 0 aliphatic heterocycles. The highest BCUT2D eigenvalue weighted by Gasteiger charge is 2.34. The van der Waals surface area contributed by atoms with E-state index >= 15 is 0 Å². The number of phenols is 1. The van der Waals surface area contributed by atoms with Crippen LogP contribution >= 0.6 is 0 Å². The van der Waals surface area contributed by atoms with Gasteiger partial charge in [-0.1, -0.05) is 30.3 Å². The lowest BCUT2D eigenvalue weighted by atomic mass is 10.1. The molecule has 2 aromatic heterocycles. The first-order valence-corrected chi connectivity index (χ1v) is 9.29. The SMILES string of the molecule is Nc1ncnc2c1c(-c1ccc(C(F)(F)F)c(O)c1)nn2C1Cc2ccccc2C1. The first-order valence-electron chi connectivity index (χ1n) is 9.29. The molecule has 0 bridgehead atoms. The van der Waals surface area contributed by atoms with Crippen LogP contribution in [0.1, 0.15) is 22.7 Å². The molecule has 0 spiro atoms. The number of aromatic nitrogens is 4. The first kappa shape index (κ1) is 18.4. The Morgan fingerprint density at radius 1 is 1.03 bits per heavy atom. The Bertz CT molecular complexity index is 1260. The number of phenolic OH excluding ortho intramolecular Hbond substituents is 1. The summed E-state index contributed by atoms with van der Waals surface area (Å²) in [5.41, 5.74) is 8.57. The molecule has 152 valence electrons. The molecule has 0 saturated carbocycles. The Morgan fingerprint density at radius 3 is 2.37 bits per heavy atom. The van der Waals surface area contributed by atoms with Gasteiger partial charge >= 0.3 is 6.18 Å². The minimum atomic E-state index is -4.65. The maximum Gasteiger partial charge on any atom is 0.419 e. The van der Waals surface area contributed by atoms with E-state index in [0.29, 0.717) is 22.3 Å². The lowest BCUT2D eigenvalue weighted by Gasteiger charge is -2.11. The number of nitrogen functional groups attached to an aromatic ring is 1. The van der Waals surface area contributed by atoms with Gasteiger partial charge in [-0.25, -0.2) is 14.6 Å². The Kier molecular flexibility index (Phi) is 3.96. The summed E-state index contributed by atoms with van der Waals surface area (Å²) in [5.74, 6) is -0.692. The van der Waals surface area contributed by atoms with E-state index in [1.54, 1.807) is 4.68 Å². The predicted octanol–water partition coefficient (Wildman–Crippen LogP) is 4.14.